The quantitative estimate of drug-likeness (QED) is 0.750. The van der Waals surface area contributed by atoms with Crippen LogP contribution in [0.1, 0.15) is 43.0 Å². The maximum atomic E-state index is 11.6. The Morgan fingerprint density at radius 3 is 2.67 bits per heavy atom. The van der Waals surface area contributed by atoms with Crippen molar-refractivity contribution in [3.05, 3.63) is 16.4 Å². The van der Waals surface area contributed by atoms with Crippen LogP contribution in [0, 0.1) is 6.92 Å². The second-order valence-electron chi connectivity index (χ2n) is 3.51. The summed E-state index contributed by atoms with van der Waals surface area (Å²) in [6, 6.07) is 0.0793. The third-order valence-corrected chi connectivity index (χ3v) is 2.42. The first kappa shape index (κ1) is 12.0. The number of carbonyl (C=O) groups is 1. The van der Waals surface area contributed by atoms with Gasteiger partial charge >= 0.3 is 5.97 Å². The largest absolute Gasteiger partial charge is 0.461 e. The molecule has 0 N–H and O–H groups in total. The molecule has 1 heterocycles. The van der Waals surface area contributed by atoms with Gasteiger partial charge in [-0.1, -0.05) is 11.6 Å². The predicted octanol–water partition coefficient (Wildman–Crippen LogP) is 2.60. The van der Waals surface area contributed by atoms with E-state index in [-0.39, 0.29) is 6.04 Å². The summed E-state index contributed by atoms with van der Waals surface area (Å²) in [5.41, 5.74) is 0.986. The fourth-order valence-corrected chi connectivity index (χ4v) is 1.49. The van der Waals surface area contributed by atoms with Crippen LogP contribution in [0.15, 0.2) is 0 Å². The zero-order valence-corrected chi connectivity index (χ0v) is 10.1. The highest BCUT2D eigenvalue weighted by atomic mass is 35.5. The van der Waals surface area contributed by atoms with E-state index in [1.165, 1.54) is 0 Å². The lowest BCUT2D eigenvalue weighted by Crippen LogP contribution is -2.15. The third kappa shape index (κ3) is 2.31. The first-order chi connectivity index (χ1) is 6.99. The van der Waals surface area contributed by atoms with Crippen LogP contribution in [0.5, 0.6) is 0 Å². The molecule has 84 valence electrons. The summed E-state index contributed by atoms with van der Waals surface area (Å²) >= 11 is 6.00. The van der Waals surface area contributed by atoms with Gasteiger partial charge in [-0.25, -0.2) is 4.79 Å². The highest BCUT2D eigenvalue weighted by molar-refractivity contribution is 6.34. The van der Waals surface area contributed by atoms with E-state index in [9.17, 15) is 4.79 Å². The number of esters is 1. The molecule has 1 aromatic heterocycles. The van der Waals surface area contributed by atoms with Crippen LogP contribution in [0.4, 0.5) is 0 Å². The molecule has 0 saturated heterocycles. The lowest BCUT2D eigenvalue weighted by atomic mass is 10.3. The molecule has 0 saturated carbocycles. The Morgan fingerprint density at radius 2 is 2.20 bits per heavy atom. The standard InChI is InChI=1S/C10H15ClN2O2/c1-5-15-10(14)9-8(11)7(4)12-13(9)6(2)3/h6H,5H2,1-4H3. The molecule has 1 aromatic rings. The minimum Gasteiger partial charge on any atom is -0.461 e. The molecule has 0 atom stereocenters. The molecular formula is C10H15ClN2O2. The molecule has 0 bridgehead atoms. The normalized spacial score (nSPS) is 10.8. The zero-order valence-electron chi connectivity index (χ0n) is 9.37. The fourth-order valence-electron chi connectivity index (χ4n) is 1.28. The molecule has 5 heteroatoms. The van der Waals surface area contributed by atoms with Gasteiger partial charge in [0.15, 0.2) is 5.69 Å². The van der Waals surface area contributed by atoms with Gasteiger partial charge in [0.25, 0.3) is 0 Å². The molecule has 0 spiro atoms. The molecule has 0 aromatic carbocycles. The van der Waals surface area contributed by atoms with Gasteiger partial charge in [0.05, 0.1) is 17.3 Å². The van der Waals surface area contributed by atoms with Crippen molar-refractivity contribution in [3.63, 3.8) is 0 Å². The first-order valence-corrected chi connectivity index (χ1v) is 5.28. The molecule has 15 heavy (non-hydrogen) atoms. The number of nitrogens with zero attached hydrogens (tertiary/aromatic N) is 2. The Kier molecular flexibility index (Phi) is 3.74. The maximum Gasteiger partial charge on any atom is 0.358 e. The lowest BCUT2D eigenvalue weighted by molar-refractivity contribution is 0.0510. The van der Waals surface area contributed by atoms with E-state index in [2.05, 4.69) is 5.10 Å². The molecule has 0 aliphatic rings. The Hall–Kier alpha value is -1.03. The molecule has 1 rings (SSSR count). The van der Waals surface area contributed by atoms with E-state index in [1.54, 1.807) is 18.5 Å². The van der Waals surface area contributed by atoms with Gasteiger partial charge in [0.2, 0.25) is 0 Å². The van der Waals surface area contributed by atoms with E-state index in [0.29, 0.717) is 23.0 Å². The van der Waals surface area contributed by atoms with Crippen molar-refractivity contribution in [1.82, 2.24) is 9.78 Å². The smallest absolute Gasteiger partial charge is 0.358 e. The summed E-state index contributed by atoms with van der Waals surface area (Å²) in [4.78, 5) is 11.6. The third-order valence-electron chi connectivity index (χ3n) is 1.97. The number of ether oxygens (including phenoxy) is 1. The van der Waals surface area contributed by atoms with Crippen LogP contribution in [0.25, 0.3) is 0 Å². The lowest BCUT2D eigenvalue weighted by Gasteiger charge is -2.09. The van der Waals surface area contributed by atoms with E-state index < -0.39 is 5.97 Å². The molecule has 0 aliphatic carbocycles. The second kappa shape index (κ2) is 4.66. The molecule has 0 fully saturated rings. The average Bonchev–Trinajstić information content (AvgIpc) is 2.44. The number of rotatable bonds is 3. The van der Waals surface area contributed by atoms with Gasteiger partial charge in [0.1, 0.15) is 0 Å². The summed E-state index contributed by atoms with van der Waals surface area (Å²) in [7, 11) is 0. The van der Waals surface area contributed by atoms with Gasteiger partial charge in [-0.3, -0.25) is 4.68 Å². The van der Waals surface area contributed by atoms with Crippen LogP contribution in [-0.2, 0) is 4.74 Å². The topological polar surface area (TPSA) is 44.1 Å². The van der Waals surface area contributed by atoms with Crippen LogP contribution in [0.3, 0.4) is 0 Å². The summed E-state index contributed by atoms with van der Waals surface area (Å²) in [6.07, 6.45) is 0. The minimum atomic E-state index is -0.420. The highest BCUT2D eigenvalue weighted by Crippen LogP contribution is 2.23. The monoisotopic (exact) mass is 230 g/mol. The van der Waals surface area contributed by atoms with E-state index in [4.69, 9.17) is 16.3 Å². The average molecular weight is 231 g/mol. The molecule has 0 radical (unpaired) electrons. The van der Waals surface area contributed by atoms with Gasteiger partial charge in [-0.15, -0.1) is 0 Å². The van der Waals surface area contributed by atoms with Crippen molar-refractivity contribution in [3.8, 4) is 0 Å². The number of halogens is 1. The predicted molar refractivity (Wildman–Crippen MR) is 58.3 cm³/mol. The Morgan fingerprint density at radius 1 is 1.60 bits per heavy atom. The van der Waals surface area contributed by atoms with Crippen molar-refractivity contribution in [1.29, 1.82) is 0 Å². The van der Waals surface area contributed by atoms with Crippen LogP contribution >= 0.6 is 11.6 Å². The van der Waals surface area contributed by atoms with Crippen molar-refractivity contribution in [2.45, 2.75) is 33.7 Å². The van der Waals surface area contributed by atoms with E-state index in [0.717, 1.165) is 0 Å². The maximum absolute atomic E-state index is 11.6. The fraction of sp³-hybridized carbons (Fsp3) is 0.600. The highest BCUT2D eigenvalue weighted by Gasteiger charge is 2.22. The summed E-state index contributed by atoms with van der Waals surface area (Å²) < 4.78 is 6.52. The minimum absolute atomic E-state index is 0.0793. The van der Waals surface area contributed by atoms with Gasteiger partial charge < -0.3 is 4.74 Å². The SMILES string of the molecule is CCOC(=O)c1c(Cl)c(C)nn1C(C)C. The Balaban J connectivity index is 3.19. The van der Waals surface area contributed by atoms with Crippen molar-refractivity contribution in [2.75, 3.05) is 6.61 Å². The molecule has 4 nitrogen and oxygen atoms in total. The Labute approximate surface area is 94.2 Å². The number of carbonyl (C=O) groups excluding carboxylic acids is 1. The molecule has 0 aliphatic heterocycles. The summed E-state index contributed by atoms with van der Waals surface area (Å²) in [5, 5.41) is 4.57. The van der Waals surface area contributed by atoms with E-state index in [1.807, 2.05) is 13.8 Å². The Bertz CT molecular complexity index is 372. The molecular weight excluding hydrogens is 216 g/mol. The zero-order chi connectivity index (χ0) is 11.6. The van der Waals surface area contributed by atoms with Crippen molar-refractivity contribution >= 4 is 17.6 Å². The van der Waals surface area contributed by atoms with Crippen LogP contribution in [-0.4, -0.2) is 22.4 Å². The van der Waals surface area contributed by atoms with E-state index >= 15 is 0 Å². The van der Waals surface area contributed by atoms with Crippen molar-refractivity contribution < 1.29 is 9.53 Å². The van der Waals surface area contributed by atoms with Crippen LogP contribution in [0.2, 0.25) is 5.02 Å². The molecule has 0 unspecified atom stereocenters. The summed E-state index contributed by atoms with van der Waals surface area (Å²) in [5.74, 6) is -0.420. The van der Waals surface area contributed by atoms with Gasteiger partial charge in [-0.2, -0.15) is 5.10 Å². The number of aromatic nitrogens is 2. The van der Waals surface area contributed by atoms with Crippen molar-refractivity contribution in [2.24, 2.45) is 0 Å². The van der Waals surface area contributed by atoms with Gasteiger partial charge in [0, 0.05) is 6.04 Å². The van der Waals surface area contributed by atoms with Gasteiger partial charge in [-0.05, 0) is 27.7 Å². The number of aryl methyl sites for hydroxylation is 1. The summed E-state index contributed by atoms with van der Waals surface area (Å²) in [6.45, 7) is 7.73. The number of hydrogen-bond donors (Lipinski definition) is 0. The number of hydrogen-bond acceptors (Lipinski definition) is 3. The van der Waals surface area contributed by atoms with Crippen LogP contribution < -0.4 is 0 Å². The second-order valence-corrected chi connectivity index (χ2v) is 3.88. The first-order valence-electron chi connectivity index (χ1n) is 4.90. The molecule has 0 amide bonds.